The normalized spacial score (nSPS) is 13.2. The van der Waals surface area contributed by atoms with Crippen molar-refractivity contribution >= 4 is 17.5 Å². The third kappa shape index (κ3) is 4.01. The molecule has 0 aliphatic heterocycles. The molecule has 30 heavy (non-hydrogen) atoms. The fraction of sp³-hybridized carbons (Fsp3) is 0.318. The summed E-state index contributed by atoms with van der Waals surface area (Å²) >= 11 is 0. The van der Waals surface area contributed by atoms with E-state index in [2.05, 4.69) is 50.1 Å². The molecule has 0 atom stereocenters. The Labute approximate surface area is 175 Å². The van der Waals surface area contributed by atoms with Crippen LogP contribution in [-0.4, -0.2) is 31.5 Å². The van der Waals surface area contributed by atoms with Gasteiger partial charge in [-0.25, -0.2) is 15.0 Å². The van der Waals surface area contributed by atoms with Crippen molar-refractivity contribution in [2.75, 3.05) is 5.32 Å². The molecule has 1 aliphatic rings. The maximum atomic E-state index is 12.3. The topological polar surface area (TPSA) is 109 Å². The van der Waals surface area contributed by atoms with Crippen LogP contribution in [0.2, 0.25) is 0 Å². The lowest BCUT2D eigenvalue weighted by atomic mass is 10.1. The average molecular weight is 401 g/mol. The van der Waals surface area contributed by atoms with E-state index in [4.69, 9.17) is 0 Å². The number of anilines is 2. The molecule has 0 radical (unpaired) electrons. The largest absolute Gasteiger partial charge is 0.349 e. The Morgan fingerprint density at radius 2 is 2.07 bits per heavy atom. The molecule has 8 nitrogen and oxygen atoms in total. The Balaban J connectivity index is 1.59. The van der Waals surface area contributed by atoms with Gasteiger partial charge in [0.2, 0.25) is 5.95 Å². The zero-order valence-corrected chi connectivity index (χ0v) is 17.2. The highest BCUT2D eigenvalue weighted by atomic mass is 16.1. The smallest absolute Gasteiger partial charge is 0.252 e. The first-order valence-corrected chi connectivity index (χ1v) is 9.95. The van der Waals surface area contributed by atoms with Crippen LogP contribution in [0.3, 0.4) is 0 Å². The fourth-order valence-corrected chi connectivity index (χ4v) is 3.39. The molecule has 0 saturated heterocycles. The molecular formula is C22H23N7O. The maximum absolute atomic E-state index is 12.3. The summed E-state index contributed by atoms with van der Waals surface area (Å²) < 4.78 is 2.12. The molecule has 8 heteroatoms. The van der Waals surface area contributed by atoms with Crippen molar-refractivity contribution in [2.45, 2.75) is 45.7 Å². The van der Waals surface area contributed by atoms with Crippen LogP contribution in [0, 0.1) is 18.3 Å². The SMILES string of the molecule is Cc1ncc(-c2ccnc(Nc3ccc(C(=O)NC4CC4)c(C#N)c3)n2)n1C(C)C. The summed E-state index contributed by atoms with van der Waals surface area (Å²) in [6, 6.07) is 9.47. The van der Waals surface area contributed by atoms with Gasteiger partial charge in [0.25, 0.3) is 5.91 Å². The van der Waals surface area contributed by atoms with Crippen molar-refractivity contribution in [1.29, 1.82) is 5.26 Å². The summed E-state index contributed by atoms with van der Waals surface area (Å²) in [6.45, 7) is 6.17. The number of carbonyl (C=O) groups excluding carboxylic acids is 1. The number of aromatic nitrogens is 4. The van der Waals surface area contributed by atoms with E-state index < -0.39 is 0 Å². The standard InChI is InChI=1S/C22H23N7O/c1-13(2)29-14(3)25-12-20(29)19-8-9-24-22(28-19)27-17-6-7-18(15(10-17)11-23)21(30)26-16-4-5-16/h6-10,12-13,16H,4-5H2,1-3H3,(H,26,30)(H,24,27,28). The molecule has 1 aliphatic carbocycles. The van der Waals surface area contributed by atoms with Gasteiger partial charge in [0, 0.05) is 24.0 Å². The van der Waals surface area contributed by atoms with Crippen LogP contribution in [0.15, 0.2) is 36.7 Å². The second-order valence-corrected chi connectivity index (χ2v) is 7.66. The van der Waals surface area contributed by atoms with Crippen molar-refractivity contribution in [3.63, 3.8) is 0 Å². The van der Waals surface area contributed by atoms with Crippen LogP contribution < -0.4 is 10.6 Å². The molecule has 152 valence electrons. The number of rotatable bonds is 6. The molecule has 0 bridgehead atoms. The van der Waals surface area contributed by atoms with Gasteiger partial charge in [-0.2, -0.15) is 5.26 Å². The molecule has 3 aromatic rings. The number of hydrogen-bond donors (Lipinski definition) is 2. The first kappa shape index (κ1) is 19.6. The fourth-order valence-electron chi connectivity index (χ4n) is 3.39. The molecule has 2 N–H and O–H groups in total. The van der Waals surface area contributed by atoms with Gasteiger partial charge in [-0.3, -0.25) is 4.79 Å². The van der Waals surface area contributed by atoms with Crippen LogP contribution in [0.1, 0.15) is 54.5 Å². The second-order valence-electron chi connectivity index (χ2n) is 7.66. The number of nitrogens with one attached hydrogen (secondary N) is 2. The van der Waals surface area contributed by atoms with Gasteiger partial charge in [0.1, 0.15) is 11.9 Å². The van der Waals surface area contributed by atoms with E-state index in [1.165, 1.54) is 0 Å². The minimum atomic E-state index is -0.212. The zero-order valence-electron chi connectivity index (χ0n) is 17.2. The lowest BCUT2D eigenvalue weighted by molar-refractivity contribution is 0.0951. The molecule has 1 aromatic carbocycles. The molecule has 2 aromatic heterocycles. The molecule has 0 unspecified atom stereocenters. The zero-order chi connectivity index (χ0) is 21.3. The Morgan fingerprint density at radius 3 is 2.77 bits per heavy atom. The Bertz CT molecular complexity index is 1140. The first-order valence-electron chi connectivity index (χ1n) is 9.95. The van der Waals surface area contributed by atoms with E-state index in [0.717, 1.165) is 30.1 Å². The van der Waals surface area contributed by atoms with Crippen LogP contribution in [0.4, 0.5) is 11.6 Å². The highest BCUT2D eigenvalue weighted by Gasteiger charge is 2.25. The monoisotopic (exact) mass is 401 g/mol. The van der Waals surface area contributed by atoms with Gasteiger partial charge >= 0.3 is 0 Å². The van der Waals surface area contributed by atoms with Crippen LogP contribution in [-0.2, 0) is 0 Å². The van der Waals surface area contributed by atoms with E-state index in [-0.39, 0.29) is 18.0 Å². The van der Waals surface area contributed by atoms with Gasteiger partial charge in [0.05, 0.1) is 28.7 Å². The van der Waals surface area contributed by atoms with Gasteiger partial charge in [-0.1, -0.05) is 0 Å². The summed E-state index contributed by atoms with van der Waals surface area (Å²) in [5.41, 5.74) is 2.99. The number of hydrogen-bond acceptors (Lipinski definition) is 6. The Morgan fingerprint density at radius 1 is 1.27 bits per heavy atom. The third-order valence-electron chi connectivity index (χ3n) is 4.97. The molecule has 4 rings (SSSR count). The molecule has 2 heterocycles. The summed E-state index contributed by atoms with van der Waals surface area (Å²) in [7, 11) is 0. The van der Waals surface area contributed by atoms with Crippen molar-refractivity contribution < 1.29 is 4.79 Å². The van der Waals surface area contributed by atoms with Crippen molar-refractivity contribution in [3.05, 3.63) is 53.6 Å². The second kappa shape index (κ2) is 7.95. The molecular weight excluding hydrogens is 378 g/mol. The number of amides is 1. The van der Waals surface area contributed by atoms with E-state index in [9.17, 15) is 10.1 Å². The van der Waals surface area contributed by atoms with E-state index in [1.54, 1.807) is 24.4 Å². The van der Waals surface area contributed by atoms with Gasteiger partial charge < -0.3 is 15.2 Å². The summed E-state index contributed by atoms with van der Waals surface area (Å²) in [5, 5.41) is 15.5. The van der Waals surface area contributed by atoms with Gasteiger partial charge in [-0.15, -0.1) is 0 Å². The predicted molar refractivity (Wildman–Crippen MR) is 113 cm³/mol. The number of aryl methyl sites for hydroxylation is 1. The minimum Gasteiger partial charge on any atom is -0.349 e. The third-order valence-corrected chi connectivity index (χ3v) is 4.97. The van der Waals surface area contributed by atoms with Gasteiger partial charge in [0.15, 0.2) is 0 Å². The number of nitrogens with zero attached hydrogens (tertiary/aromatic N) is 5. The number of nitriles is 1. The maximum Gasteiger partial charge on any atom is 0.252 e. The number of imidazole rings is 1. The Hall–Kier alpha value is -3.73. The first-order chi connectivity index (χ1) is 14.5. The number of carbonyl (C=O) groups is 1. The van der Waals surface area contributed by atoms with E-state index in [0.29, 0.717) is 22.8 Å². The molecule has 1 amide bonds. The van der Waals surface area contributed by atoms with Crippen LogP contribution in [0.25, 0.3) is 11.4 Å². The lowest BCUT2D eigenvalue weighted by Gasteiger charge is -2.14. The van der Waals surface area contributed by atoms with Crippen molar-refractivity contribution in [3.8, 4) is 17.5 Å². The van der Waals surface area contributed by atoms with Crippen LogP contribution >= 0.6 is 0 Å². The quantitative estimate of drug-likeness (QED) is 0.651. The molecule has 1 fully saturated rings. The predicted octanol–water partition coefficient (Wildman–Crippen LogP) is 3.74. The summed E-state index contributed by atoms with van der Waals surface area (Å²) in [6.07, 6.45) is 5.48. The molecule has 0 spiro atoms. The summed E-state index contributed by atoms with van der Waals surface area (Å²) in [5.74, 6) is 1.11. The highest BCUT2D eigenvalue weighted by molar-refractivity contribution is 5.97. The van der Waals surface area contributed by atoms with Crippen molar-refractivity contribution in [1.82, 2.24) is 24.8 Å². The Kier molecular flexibility index (Phi) is 5.19. The van der Waals surface area contributed by atoms with E-state index >= 15 is 0 Å². The van der Waals surface area contributed by atoms with Crippen molar-refractivity contribution in [2.24, 2.45) is 0 Å². The lowest BCUT2D eigenvalue weighted by Crippen LogP contribution is -2.26. The molecule has 1 saturated carbocycles. The van der Waals surface area contributed by atoms with E-state index in [1.807, 2.05) is 19.2 Å². The average Bonchev–Trinajstić information content (AvgIpc) is 3.45. The van der Waals surface area contributed by atoms with Gasteiger partial charge in [-0.05, 0) is 57.9 Å². The summed E-state index contributed by atoms with van der Waals surface area (Å²) in [4.78, 5) is 25.6. The number of benzene rings is 1. The highest BCUT2D eigenvalue weighted by Crippen LogP contribution is 2.25. The minimum absolute atomic E-state index is 0.212. The van der Waals surface area contributed by atoms with Crippen LogP contribution in [0.5, 0.6) is 0 Å².